The van der Waals surface area contributed by atoms with Gasteiger partial charge in [-0.3, -0.25) is 14.9 Å². The molecule has 216 valence electrons. The van der Waals surface area contributed by atoms with Gasteiger partial charge in [0.1, 0.15) is 0 Å². The third-order valence-corrected chi connectivity index (χ3v) is 9.73. The number of non-ortho nitro benzene ring substituents is 1. The lowest BCUT2D eigenvalue weighted by atomic mass is 9.57. The molecule has 0 saturated heterocycles. The van der Waals surface area contributed by atoms with E-state index in [9.17, 15) is 10.1 Å². The maximum atomic E-state index is 15.0. The fourth-order valence-corrected chi connectivity index (χ4v) is 7.63. The van der Waals surface area contributed by atoms with Crippen LogP contribution < -0.4 is 4.90 Å². The summed E-state index contributed by atoms with van der Waals surface area (Å²) >= 11 is 0. The molecule has 1 aliphatic carbocycles. The van der Waals surface area contributed by atoms with E-state index in [1.807, 2.05) is 48.5 Å². The molecule has 5 aromatic rings. The van der Waals surface area contributed by atoms with Gasteiger partial charge in [0.15, 0.2) is 5.78 Å². The van der Waals surface area contributed by atoms with Gasteiger partial charge < -0.3 is 4.90 Å². The van der Waals surface area contributed by atoms with Crippen molar-refractivity contribution in [2.45, 2.75) is 24.8 Å². The molecule has 1 heterocycles. The predicted molar refractivity (Wildman–Crippen MR) is 178 cm³/mol. The van der Waals surface area contributed by atoms with E-state index in [2.05, 4.69) is 86.5 Å². The molecule has 5 aromatic carbocycles. The molecular weight excluding hydrogens is 544 g/mol. The Balaban J connectivity index is 1.56. The number of ketones is 1. The van der Waals surface area contributed by atoms with Gasteiger partial charge in [-0.2, -0.15) is 0 Å². The topological polar surface area (TPSA) is 63.4 Å². The number of likely N-dealkylation sites (N-methyl/N-ethyl adjacent to an activating group) is 1. The molecule has 0 bridgehead atoms. The van der Waals surface area contributed by atoms with Crippen molar-refractivity contribution in [2.24, 2.45) is 5.92 Å². The third-order valence-electron chi connectivity index (χ3n) is 9.73. The van der Waals surface area contributed by atoms with Crippen molar-refractivity contribution in [2.75, 3.05) is 11.9 Å². The molecule has 1 spiro atoms. The van der Waals surface area contributed by atoms with Crippen LogP contribution in [0.4, 0.5) is 11.4 Å². The van der Waals surface area contributed by atoms with Crippen molar-refractivity contribution in [3.05, 3.63) is 166 Å². The molecule has 7 rings (SSSR count). The molecule has 1 aliphatic heterocycles. The monoisotopic (exact) mass is 576 g/mol. The number of anilines is 1. The van der Waals surface area contributed by atoms with E-state index in [4.69, 9.17) is 0 Å². The molecule has 5 nitrogen and oxygen atoms in total. The maximum absolute atomic E-state index is 15.0. The number of Topliss-reactive ketones (excluding diaryl/α,β-unsaturated/α-hetero) is 1. The van der Waals surface area contributed by atoms with Gasteiger partial charge in [-0.05, 0) is 69.0 Å². The molecule has 0 amide bonds. The minimum absolute atomic E-state index is 0.00982. The largest absolute Gasteiger partial charge is 0.363 e. The highest BCUT2D eigenvalue weighted by molar-refractivity contribution is 6.11. The second-order valence-electron chi connectivity index (χ2n) is 12.2. The minimum Gasteiger partial charge on any atom is -0.363 e. The highest BCUT2D eigenvalue weighted by Crippen LogP contribution is 2.61. The van der Waals surface area contributed by atoms with Gasteiger partial charge in [0.2, 0.25) is 0 Å². The fourth-order valence-electron chi connectivity index (χ4n) is 7.63. The molecule has 0 unspecified atom stereocenters. The molecule has 2 aliphatic rings. The second kappa shape index (κ2) is 10.2. The number of allylic oxidation sites excluding steroid dienone is 2. The standard InChI is InChI=1S/C39H32N2O3/c1-38(2)35-32-17-11-10-14-27(32)20-23-34(35)40(3)39(38)25-30(26-12-6-4-7-13-26)24-33(28-18-21-31(22-19-28)41(43)44)36(39)37(42)29-15-8-5-9-16-29/h4-25,36H,1-3H3/t36-,39-/m1/s1. The SMILES string of the molecule is CN1c2ccc3ccccc3c2C(C)(C)[C@]12C=C(c1ccccc1)C=C(c1ccc([N+](=O)[O-])cc1)[C@@H]2C(=O)c1ccccc1. The van der Waals surface area contributed by atoms with E-state index >= 15 is 4.79 Å². The number of carbonyl (C=O) groups excluding carboxylic acids is 1. The summed E-state index contributed by atoms with van der Waals surface area (Å²) in [5.41, 5.74) is 5.27. The zero-order valence-electron chi connectivity index (χ0n) is 24.9. The van der Waals surface area contributed by atoms with Crippen molar-refractivity contribution in [3.8, 4) is 0 Å². The van der Waals surface area contributed by atoms with Gasteiger partial charge in [-0.25, -0.2) is 0 Å². The summed E-state index contributed by atoms with van der Waals surface area (Å²) in [7, 11) is 2.10. The van der Waals surface area contributed by atoms with E-state index < -0.39 is 21.8 Å². The molecule has 0 radical (unpaired) electrons. The highest BCUT2D eigenvalue weighted by atomic mass is 16.6. The van der Waals surface area contributed by atoms with Gasteiger partial charge in [-0.15, -0.1) is 0 Å². The molecule has 0 fully saturated rings. The number of nitro benzene ring substituents is 1. The lowest BCUT2D eigenvalue weighted by molar-refractivity contribution is -0.384. The Labute approximate surface area is 256 Å². The van der Waals surface area contributed by atoms with Crippen LogP contribution in [0.2, 0.25) is 0 Å². The van der Waals surface area contributed by atoms with Crippen LogP contribution in [0, 0.1) is 16.0 Å². The number of rotatable bonds is 5. The smallest absolute Gasteiger partial charge is 0.269 e. The second-order valence-corrected chi connectivity index (χ2v) is 12.2. The molecule has 0 saturated carbocycles. The number of nitrogens with zero attached hydrogens (tertiary/aromatic N) is 2. The first kappa shape index (κ1) is 27.5. The Hall–Kier alpha value is -5.29. The first-order valence-electron chi connectivity index (χ1n) is 14.8. The van der Waals surface area contributed by atoms with Crippen LogP contribution in [-0.4, -0.2) is 23.3 Å². The van der Waals surface area contributed by atoms with Crippen molar-refractivity contribution in [1.29, 1.82) is 0 Å². The quantitative estimate of drug-likeness (QED) is 0.119. The predicted octanol–water partition coefficient (Wildman–Crippen LogP) is 8.89. The summed E-state index contributed by atoms with van der Waals surface area (Å²) < 4.78 is 0. The maximum Gasteiger partial charge on any atom is 0.269 e. The lowest BCUT2D eigenvalue weighted by Gasteiger charge is -2.52. The number of nitro groups is 1. The summed E-state index contributed by atoms with van der Waals surface area (Å²) in [4.78, 5) is 28.5. The van der Waals surface area contributed by atoms with E-state index in [-0.39, 0.29) is 11.5 Å². The Bertz CT molecular complexity index is 1990. The molecule has 2 atom stereocenters. The summed E-state index contributed by atoms with van der Waals surface area (Å²) in [6.45, 7) is 4.51. The van der Waals surface area contributed by atoms with Crippen molar-refractivity contribution < 1.29 is 9.72 Å². The van der Waals surface area contributed by atoms with Crippen LogP contribution in [0.5, 0.6) is 0 Å². The average molecular weight is 577 g/mol. The Morgan fingerprint density at radius 2 is 1.41 bits per heavy atom. The fraction of sp³-hybridized carbons (Fsp3) is 0.154. The number of hydrogen-bond acceptors (Lipinski definition) is 4. The van der Waals surface area contributed by atoms with E-state index in [1.54, 1.807) is 12.1 Å². The van der Waals surface area contributed by atoms with Crippen molar-refractivity contribution >= 4 is 39.1 Å². The van der Waals surface area contributed by atoms with Crippen LogP contribution in [-0.2, 0) is 5.41 Å². The van der Waals surface area contributed by atoms with Gasteiger partial charge >= 0.3 is 0 Å². The lowest BCUT2D eigenvalue weighted by Crippen LogP contribution is -2.61. The summed E-state index contributed by atoms with van der Waals surface area (Å²) in [5, 5.41) is 13.9. The van der Waals surface area contributed by atoms with Crippen molar-refractivity contribution in [1.82, 2.24) is 0 Å². The first-order chi connectivity index (χ1) is 21.2. The Morgan fingerprint density at radius 3 is 2.09 bits per heavy atom. The van der Waals surface area contributed by atoms with Gasteiger partial charge in [0, 0.05) is 35.8 Å². The average Bonchev–Trinajstić information content (AvgIpc) is 3.23. The van der Waals surface area contributed by atoms with Crippen molar-refractivity contribution in [3.63, 3.8) is 0 Å². The minimum atomic E-state index is -0.816. The Morgan fingerprint density at radius 1 is 0.773 bits per heavy atom. The number of benzene rings is 5. The van der Waals surface area contributed by atoms with E-state index in [0.717, 1.165) is 33.3 Å². The molecular formula is C39H32N2O3. The summed E-state index contributed by atoms with van der Waals surface area (Å²) in [6, 6.07) is 39.1. The van der Waals surface area contributed by atoms with Crippen LogP contribution in [0.25, 0.3) is 21.9 Å². The zero-order valence-corrected chi connectivity index (χ0v) is 24.9. The van der Waals surface area contributed by atoms with Crippen LogP contribution in [0.1, 0.15) is 40.9 Å². The number of carbonyl (C=O) groups is 1. The first-order valence-corrected chi connectivity index (χ1v) is 14.8. The molecule has 5 heteroatoms. The highest BCUT2D eigenvalue weighted by Gasteiger charge is 2.62. The number of fused-ring (bicyclic) bond motifs is 3. The van der Waals surface area contributed by atoms with Crippen LogP contribution in [0.3, 0.4) is 0 Å². The summed E-state index contributed by atoms with van der Waals surface area (Å²) in [6.07, 6.45) is 4.41. The van der Waals surface area contributed by atoms with Gasteiger partial charge in [-0.1, -0.05) is 105 Å². The molecule has 0 N–H and O–H groups in total. The van der Waals surface area contributed by atoms with Crippen LogP contribution in [0.15, 0.2) is 133 Å². The normalized spacial score (nSPS) is 20.2. The van der Waals surface area contributed by atoms with E-state index in [0.29, 0.717) is 5.56 Å². The van der Waals surface area contributed by atoms with E-state index in [1.165, 1.54) is 23.1 Å². The zero-order chi connectivity index (χ0) is 30.6. The van der Waals surface area contributed by atoms with Gasteiger partial charge in [0.25, 0.3) is 5.69 Å². The molecule has 0 aromatic heterocycles. The van der Waals surface area contributed by atoms with Crippen LogP contribution >= 0.6 is 0 Å². The number of hydrogen-bond donors (Lipinski definition) is 0. The Kier molecular flexibility index (Phi) is 6.36. The summed E-state index contributed by atoms with van der Waals surface area (Å²) in [5.74, 6) is -0.611. The van der Waals surface area contributed by atoms with Gasteiger partial charge in [0.05, 0.1) is 16.4 Å². The molecule has 44 heavy (non-hydrogen) atoms. The third kappa shape index (κ3) is 3.96.